The van der Waals surface area contributed by atoms with E-state index in [9.17, 15) is 23.8 Å². The van der Waals surface area contributed by atoms with Crippen LogP contribution in [0.3, 0.4) is 0 Å². The number of pyridine rings is 6. The summed E-state index contributed by atoms with van der Waals surface area (Å²) < 4.78 is 43.8. The number of aromatic nitrogens is 18. The van der Waals surface area contributed by atoms with Crippen molar-refractivity contribution in [3.63, 3.8) is 0 Å². The molecule has 6 saturated heterocycles. The molecule has 6 aliphatic heterocycles. The van der Waals surface area contributed by atoms with Crippen molar-refractivity contribution in [3.8, 4) is 34.1 Å². The minimum absolute atomic E-state index is 0.0247. The number of carbonyl (C=O) groups excluding carboxylic acids is 1. The summed E-state index contributed by atoms with van der Waals surface area (Å²) in [6, 6.07) is 58.9. The average molecular weight is 1950 g/mol. The van der Waals surface area contributed by atoms with Crippen molar-refractivity contribution in [3.05, 3.63) is 288 Å². The largest absolute Gasteiger partial charge is 0.393 e. The molecule has 712 valence electrons. The predicted octanol–water partition coefficient (Wildman–Crippen LogP) is 19.4. The van der Waals surface area contributed by atoms with Crippen LogP contribution in [0, 0.1) is 19.8 Å². The first-order chi connectivity index (χ1) is 67.7. The van der Waals surface area contributed by atoms with Crippen molar-refractivity contribution in [2.45, 2.75) is 109 Å². The third-order valence-corrected chi connectivity index (χ3v) is 27.3. The van der Waals surface area contributed by atoms with E-state index in [-0.39, 0.29) is 43.0 Å². The number of carbonyl (C=O) groups is 1. The molecule has 29 nitrogen and oxygen atoms in total. The van der Waals surface area contributed by atoms with Crippen LogP contribution in [0.4, 0.5) is 43.7 Å². The van der Waals surface area contributed by atoms with Crippen LogP contribution in [0.5, 0.6) is 0 Å². The van der Waals surface area contributed by atoms with Crippen LogP contribution in [0.2, 0.25) is 20.1 Å². The van der Waals surface area contributed by atoms with Gasteiger partial charge >= 0.3 is 0 Å². The number of nitrogens with zero attached hydrogens (tertiary/aromatic N) is 24. The number of methoxy groups -OCH3 is 1. The Morgan fingerprint density at radius 3 is 0.863 bits per heavy atom. The Morgan fingerprint density at radius 2 is 0.583 bits per heavy atom. The Labute approximate surface area is 821 Å². The van der Waals surface area contributed by atoms with Gasteiger partial charge in [-0.3, -0.25) is 34.7 Å². The normalized spacial score (nSPS) is 16.8. The highest BCUT2D eigenvalue weighted by Gasteiger charge is 2.37. The number of nitrogens with two attached hydrogens (primary N) is 1. The zero-order valence-electron chi connectivity index (χ0n) is 77.1. The van der Waals surface area contributed by atoms with Gasteiger partial charge in [0.05, 0.1) is 123 Å². The molecule has 139 heavy (non-hydrogen) atoms. The smallest absolute Gasteiger partial charge is 0.251 e. The number of hydrogen-bond donors (Lipinski definition) is 3. The molecule has 4 N–H and O–H groups in total. The Kier molecular flexibility index (Phi) is 28.6. The minimum atomic E-state index is -2.58. The van der Waals surface area contributed by atoms with Crippen LogP contribution in [0.1, 0.15) is 81.8 Å². The summed E-state index contributed by atoms with van der Waals surface area (Å²) in [6.07, 6.45) is 29.9. The van der Waals surface area contributed by atoms with E-state index < -0.39 is 5.92 Å². The van der Waals surface area contributed by atoms with E-state index in [1.807, 2.05) is 187 Å². The van der Waals surface area contributed by atoms with Crippen molar-refractivity contribution < 1.29 is 28.5 Å². The monoisotopic (exact) mass is 1950 g/mol. The van der Waals surface area contributed by atoms with Gasteiger partial charge in [0.15, 0.2) is 34.9 Å². The van der Waals surface area contributed by atoms with Gasteiger partial charge in [-0.05, 0) is 229 Å². The van der Waals surface area contributed by atoms with Gasteiger partial charge < -0.3 is 50.1 Å². The van der Waals surface area contributed by atoms with Gasteiger partial charge in [0.1, 0.15) is 0 Å². The summed E-state index contributed by atoms with van der Waals surface area (Å²) >= 11 is 23.9. The van der Waals surface area contributed by atoms with Gasteiger partial charge in [-0.25, -0.2) is 36.9 Å². The van der Waals surface area contributed by atoms with E-state index in [2.05, 4.69) is 128 Å². The van der Waals surface area contributed by atoms with Crippen LogP contribution in [-0.2, 0) is 9.53 Å². The maximum atomic E-state index is 13.4. The number of rotatable bonds is 14. The second-order valence-electron chi connectivity index (χ2n) is 35.6. The highest BCUT2D eigenvalue weighted by atomic mass is 35.5. The van der Waals surface area contributed by atoms with Crippen LogP contribution in [0.25, 0.3) is 99.5 Å². The number of hydrogen-bond acceptors (Lipinski definition) is 22. The molecule has 24 rings (SSSR count). The molecule has 2 atom stereocenters. The fraction of sp³-hybridized carbons (Fsp3) is 0.298. The van der Waals surface area contributed by atoms with E-state index in [0.29, 0.717) is 34.7 Å². The standard InChI is InChI=1S/C19H21N5O.C18H20N4O.C17H15ClF2N4.C17H17ClN4O.C17H17ClN4.C16H15ClN4O/c1-13-2-4-15(5-3-13)24-17-12-21-9-6-16(17)19(22-24)23-10-7-14(8-11-23)18(20)25;1-13-3-5-14(6-4-13)22-17-11-19-9-7-16(17)18(20-22)21-10-8-15(12-21)23-2;18-12-1-3-13(4-2-12)24-15-11-21-8-5-14(15)16(22-24)23-9-6-17(19,20)7-10-23;18-12-1-3-13(4-2-12)22-16-11-19-8-5-15(16)17(20-22)21-9-6-14(23)7-10-21;18-13-4-6-14(7-5-13)22-16-12-19-9-8-15(16)17(20-22)21-10-2-1-3-11-21;17-11-1-3-12(4-2-11)21-15-9-18-7-5-14(15)16(19-21)20-8-6-13(22)10-20/h2-6,9,12,14H,7-8,10-11H2,1H3,(H2,20,25);3-7,9,11,15H,8,10,12H2,1-2H3;1-5,8,11H,6-7,9-10H2;1-5,8,11,14,23H,6-7,9-10H2;4-9,12H,1-3,10-11H2;1-5,7,9,13,22H,6,8,10H2. The quantitative estimate of drug-likeness (QED) is 0.0911. The zero-order chi connectivity index (χ0) is 95.8. The molecule has 6 aliphatic rings. The van der Waals surface area contributed by atoms with Gasteiger partial charge in [0.25, 0.3) is 5.92 Å². The molecule has 2 unspecified atom stereocenters. The summed E-state index contributed by atoms with van der Waals surface area (Å²) in [7, 11) is 1.78. The second kappa shape index (κ2) is 42.3. The molecule has 18 aromatic rings. The molecule has 0 bridgehead atoms. The van der Waals surface area contributed by atoms with E-state index in [4.69, 9.17) is 82.4 Å². The number of benzene rings is 6. The predicted molar refractivity (Wildman–Crippen MR) is 547 cm³/mol. The molecule has 0 aliphatic carbocycles. The lowest BCUT2D eigenvalue weighted by Crippen LogP contribution is -2.39. The summed E-state index contributed by atoms with van der Waals surface area (Å²) in [5.74, 6) is 2.79. The molecular weight excluding hydrogens is 1840 g/mol. The average Bonchev–Trinajstić information content (AvgIpc) is 1.65. The highest BCUT2D eigenvalue weighted by molar-refractivity contribution is 6.31. The first-order valence-corrected chi connectivity index (χ1v) is 48.4. The lowest BCUT2D eigenvalue weighted by molar-refractivity contribution is -0.122. The molecule has 18 heterocycles. The molecule has 12 aromatic heterocycles. The maximum absolute atomic E-state index is 13.4. The van der Waals surface area contributed by atoms with Crippen LogP contribution in [0.15, 0.2) is 256 Å². The van der Waals surface area contributed by atoms with Crippen molar-refractivity contribution in [1.82, 2.24) is 88.6 Å². The second-order valence-corrected chi connectivity index (χ2v) is 37.3. The van der Waals surface area contributed by atoms with Gasteiger partial charge in [-0.2, -0.15) is 0 Å². The Morgan fingerprint density at radius 1 is 0.331 bits per heavy atom. The number of amides is 1. The molecule has 1 amide bonds. The first-order valence-electron chi connectivity index (χ1n) is 46.9. The van der Waals surface area contributed by atoms with Gasteiger partial charge in [-0.15, -0.1) is 30.6 Å². The van der Waals surface area contributed by atoms with Crippen molar-refractivity contribution >= 4 is 153 Å². The van der Waals surface area contributed by atoms with Crippen LogP contribution >= 0.6 is 46.4 Å². The van der Waals surface area contributed by atoms with E-state index in [1.165, 1.54) is 30.4 Å². The van der Waals surface area contributed by atoms with E-state index >= 15 is 0 Å². The number of halogens is 6. The molecule has 35 heteroatoms. The summed E-state index contributed by atoms with van der Waals surface area (Å²) in [4.78, 5) is 50.1. The van der Waals surface area contributed by atoms with Crippen LogP contribution in [-0.4, -0.2) is 215 Å². The third kappa shape index (κ3) is 21.1. The number of anilines is 6. The first kappa shape index (κ1) is 94.2. The molecule has 0 spiro atoms. The third-order valence-electron chi connectivity index (χ3n) is 26.3. The lowest BCUT2D eigenvalue weighted by atomic mass is 9.96. The highest BCUT2D eigenvalue weighted by Crippen LogP contribution is 2.40. The topological polar surface area (TPSA) is 296 Å². The summed E-state index contributed by atoms with van der Waals surface area (Å²) in [5.41, 5.74) is 19.5. The molecular formula is C104H105Cl4F2N25O4. The number of piperidine rings is 4. The molecule has 6 fully saturated rings. The molecule has 0 radical (unpaired) electrons. The molecule has 6 aromatic carbocycles. The zero-order valence-corrected chi connectivity index (χ0v) is 80.1. The van der Waals surface area contributed by atoms with Gasteiger partial charge in [0, 0.05) is 194 Å². The number of primary amides is 1. The Hall–Kier alpha value is -13.8. The Balaban J connectivity index is 0.000000106. The maximum Gasteiger partial charge on any atom is 0.251 e. The number of aliphatic hydroxyl groups excluding tert-OH is 2. The Bertz CT molecular complexity index is 7010. The number of alkyl halides is 2. The number of ether oxygens (including phenoxy) is 1. The van der Waals surface area contributed by atoms with E-state index in [0.717, 1.165) is 237 Å². The molecule has 0 saturated carbocycles. The summed E-state index contributed by atoms with van der Waals surface area (Å²) in [5, 5.41) is 57.5. The van der Waals surface area contributed by atoms with E-state index in [1.54, 1.807) is 54.9 Å². The van der Waals surface area contributed by atoms with Crippen molar-refractivity contribution in [2.75, 3.05) is 115 Å². The van der Waals surface area contributed by atoms with Gasteiger partial charge in [-0.1, -0.05) is 81.8 Å². The van der Waals surface area contributed by atoms with Crippen molar-refractivity contribution in [2.24, 2.45) is 11.7 Å². The lowest BCUT2D eigenvalue weighted by Gasteiger charge is -2.31. The number of β-amino-alcohol motifs (C(OH)–C–C–N with tert-alkyl or cyclic N) is 1. The number of aliphatic hydroxyl groups is 2. The summed E-state index contributed by atoms with van der Waals surface area (Å²) in [6.45, 7) is 13.4. The fourth-order valence-corrected chi connectivity index (χ4v) is 19.1. The number of fused-ring (bicyclic) bond motifs is 6. The van der Waals surface area contributed by atoms with Crippen LogP contribution < -0.4 is 35.1 Å². The van der Waals surface area contributed by atoms with Crippen molar-refractivity contribution in [1.29, 1.82) is 0 Å². The van der Waals surface area contributed by atoms with Gasteiger partial charge in [0.2, 0.25) is 5.91 Å². The minimum Gasteiger partial charge on any atom is -0.393 e. The fourth-order valence-electron chi connectivity index (χ4n) is 18.6. The number of aryl methyl sites for hydroxylation is 2. The SMILES string of the molecule is COC1CCN(c2nn(-c3ccc(C)cc3)c3cnccc23)C1.Cc1ccc(-n2nc(N3CCC(C(N)=O)CC3)c3ccncc32)cc1.Clc1ccc(-n2nc(N3CCCCC3)c3ccncc32)cc1.FC1(F)CCN(c2nn(-c3ccc(Cl)cc3)c3cnccc23)CC1.OC1CCN(c2nn(-c3ccc(Cl)cc3)c3cnccc23)C1.OC1CCN(c2nn(-c3ccc(Cl)cc3)c3cnccc23)CC1.